The van der Waals surface area contributed by atoms with Gasteiger partial charge in [-0.25, -0.2) is 0 Å². The first-order valence-corrected chi connectivity index (χ1v) is 8.17. The maximum Gasteiger partial charge on any atom is 0.236 e. The van der Waals surface area contributed by atoms with E-state index in [1.165, 1.54) is 0 Å². The molecule has 1 fully saturated rings. The van der Waals surface area contributed by atoms with Gasteiger partial charge < -0.3 is 10.0 Å². The van der Waals surface area contributed by atoms with Gasteiger partial charge in [-0.05, 0) is 43.5 Å². The molecule has 122 valence electrons. The molecule has 1 atom stereocenters. The predicted molar refractivity (Wildman–Crippen MR) is 89.2 cm³/mol. The molecule has 4 nitrogen and oxygen atoms in total. The Bertz CT molecular complexity index is 535. The number of nitrogens with zero attached hydrogens (tertiary/aromatic N) is 2. The van der Waals surface area contributed by atoms with Gasteiger partial charge in [0.15, 0.2) is 0 Å². The Kier molecular flexibility index (Phi) is 6.09. The van der Waals surface area contributed by atoms with E-state index >= 15 is 0 Å². The Morgan fingerprint density at radius 2 is 2.00 bits per heavy atom. The minimum atomic E-state index is -0.321. The molecule has 22 heavy (non-hydrogen) atoms. The van der Waals surface area contributed by atoms with Crippen LogP contribution in [-0.2, 0) is 11.3 Å². The second-order valence-corrected chi connectivity index (χ2v) is 6.91. The second kappa shape index (κ2) is 7.64. The lowest BCUT2D eigenvalue weighted by Crippen LogP contribution is -2.39. The summed E-state index contributed by atoms with van der Waals surface area (Å²) in [4.78, 5) is 15.7. The summed E-state index contributed by atoms with van der Waals surface area (Å²) in [5.74, 6) is 0.433. The first-order chi connectivity index (χ1) is 10.4. The molecule has 0 aromatic heterocycles. The average molecular weight is 345 g/mol. The molecule has 0 radical (unpaired) electrons. The van der Waals surface area contributed by atoms with Gasteiger partial charge in [-0.1, -0.05) is 29.3 Å². The van der Waals surface area contributed by atoms with Crippen LogP contribution in [0.1, 0.15) is 18.4 Å². The number of hydrogen-bond acceptors (Lipinski definition) is 3. The van der Waals surface area contributed by atoms with Crippen molar-refractivity contribution in [1.29, 1.82) is 0 Å². The van der Waals surface area contributed by atoms with Crippen LogP contribution in [0, 0.1) is 5.92 Å². The lowest BCUT2D eigenvalue weighted by Gasteiger charge is -2.23. The third-order valence-corrected chi connectivity index (χ3v) is 4.64. The summed E-state index contributed by atoms with van der Waals surface area (Å²) in [5.41, 5.74) is 0.936. The van der Waals surface area contributed by atoms with E-state index in [0.717, 1.165) is 18.4 Å². The zero-order valence-electron chi connectivity index (χ0n) is 12.9. The largest absolute Gasteiger partial charge is 0.392 e. The molecule has 0 aliphatic heterocycles. The van der Waals surface area contributed by atoms with E-state index in [9.17, 15) is 9.90 Å². The molecule has 1 N–H and O–H groups in total. The average Bonchev–Trinajstić information content (AvgIpc) is 3.27. The number of hydrogen-bond donors (Lipinski definition) is 1. The molecular formula is C16H22Cl2N2O2. The van der Waals surface area contributed by atoms with Gasteiger partial charge in [0.2, 0.25) is 5.91 Å². The van der Waals surface area contributed by atoms with Crippen LogP contribution in [-0.4, -0.2) is 54.1 Å². The van der Waals surface area contributed by atoms with Crippen LogP contribution in [0.2, 0.25) is 10.0 Å². The number of halogens is 2. The second-order valence-electron chi connectivity index (χ2n) is 6.10. The van der Waals surface area contributed by atoms with Gasteiger partial charge in [0, 0.05) is 20.1 Å². The van der Waals surface area contributed by atoms with Crippen LogP contribution in [0.3, 0.4) is 0 Å². The highest BCUT2D eigenvalue weighted by Crippen LogP contribution is 2.32. The quantitative estimate of drug-likeness (QED) is 0.826. The highest BCUT2D eigenvalue weighted by Gasteiger charge is 2.30. The van der Waals surface area contributed by atoms with Crippen molar-refractivity contribution in [3.8, 4) is 0 Å². The van der Waals surface area contributed by atoms with Gasteiger partial charge in [0.25, 0.3) is 0 Å². The fourth-order valence-electron chi connectivity index (χ4n) is 2.37. The van der Waals surface area contributed by atoms with Crippen molar-refractivity contribution in [2.75, 3.05) is 27.2 Å². The molecular weight excluding hydrogens is 323 g/mol. The highest BCUT2D eigenvalue weighted by atomic mass is 35.5. The SMILES string of the molecule is CN(CC(=O)N(C)Cc1ccc(Cl)c(Cl)c1)CC(O)C1CC1. The van der Waals surface area contributed by atoms with E-state index in [4.69, 9.17) is 23.2 Å². The minimum absolute atomic E-state index is 0.0107. The van der Waals surface area contributed by atoms with E-state index in [1.54, 1.807) is 24.1 Å². The van der Waals surface area contributed by atoms with Crippen LogP contribution in [0.25, 0.3) is 0 Å². The fourth-order valence-corrected chi connectivity index (χ4v) is 2.69. The molecule has 1 amide bonds. The van der Waals surface area contributed by atoms with Crippen molar-refractivity contribution in [2.45, 2.75) is 25.5 Å². The molecule has 0 bridgehead atoms. The van der Waals surface area contributed by atoms with Gasteiger partial charge in [-0.15, -0.1) is 0 Å². The maximum atomic E-state index is 12.2. The summed E-state index contributed by atoms with van der Waals surface area (Å²) in [5, 5.41) is 10.9. The van der Waals surface area contributed by atoms with Gasteiger partial charge in [-0.3, -0.25) is 9.69 Å². The van der Waals surface area contributed by atoms with Crippen molar-refractivity contribution >= 4 is 29.1 Å². The minimum Gasteiger partial charge on any atom is -0.392 e. The highest BCUT2D eigenvalue weighted by molar-refractivity contribution is 6.42. The number of carbonyl (C=O) groups excluding carboxylic acids is 1. The summed E-state index contributed by atoms with van der Waals surface area (Å²) in [6.07, 6.45) is 1.87. The number of rotatable bonds is 7. The summed E-state index contributed by atoms with van der Waals surface area (Å²) >= 11 is 11.9. The summed E-state index contributed by atoms with van der Waals surface area (Å²) < 4.78 is 0. The predicted octanol–water partition coefficient (Wildman–Crippen LogP) is 2.65. The van der Waals surface area contributed by atoms with Crippen molar-refractivity contribution in [2.24, 2.45) is 5.92 Å². The van der Waals surface area contributed by atoms with Crippen LogP contribution >= 0.6 is 23.2 Å². The Morgan fingerprint density at radius 3 is 2.59 bits per heavy atom. The third-order valence-electron chi connectivity index (χ3n) is 3.90. The zero-order valence-corrected chi connectivity index (χ0v) is 14.4. The molecule has 1 unspecified atom stereocenters. The standard InChI is InChI=1S/C16H22Cl2N2O2/c1-19(9-15(21)12-4-5-12)10-16(22)20(2)8-11-3-6-13(17)14(18)7-11/h3,6-7,12,15,21H,4-5,8-10H2,1-2H3. The first-order valence-electron chi connectivity index (χ1n) is 7.41. The zero-order chi connectivity index (χ0) is 16.3. The molecule has 0 spiro atoms. The Balaban J connectivity index is 1.81. The molecule has 6 heteroatoms. The molecule has 1 aliphatic rings. The van der Waals surface area contributed by atoms with E-state index < -0.39 is 0 Å². The van der Waals surface area contributed by atoms with Crippen LogP contribution < -0.4 is 0 Å². The number of likely N-dealkylation sites (N-methyl/N-ethyl adjacent to an activating group) is 2. The van der Waals surface area contributed by atoms with Gasteiger partial charge in [-0.2, -0.15) is 0 Å². The number of aliphatic hydroxyl groups is 1. The van der Waals surface area contributed by atoms with Crippen LogP contribution in [0.5, 0.6) is 0 Å². The van der Waals surface area contributed by atoms with E-state index in [1.807, 2.05) is 18.0 Å². The van der Waals surface area contributed by atoms with E-state index in [2.05, 4.69) is 0 Å². The van der Waals surface area contributed by atoms with Gasteiger partial charge >= 0.3 is 0 Å². The number of amides is 1. The fraction of sp³-hybridized carbons (Fsp3) is 0.562. The molecule has 2 rings (SSSR count). The van der Waals surface area contributed by atoms with Gasteiger partial charge in [0.1, 0.15) is 0 Å². The number of aliphatic hydroxyl groups excluding tert-OH is 1. The van der Waals surface area contributed by atoms with Crippen LogP contribution in [0.15, 0.2) is 18.2 Å². The third kappa shape index (κ3) is 5.13. The molecule has 1 aromatic rings. The topological polar surface area (TPSA) is 43.8 Å². The Morgan fingerprint density at radius 1 is 1.32 bits per heavy atom. The normalized spacial score (nSPS) is 15.9. The molecule has 1 saturated carbocycles. The summed E-state index contributed by atoms with van der Waals surface area (Å²) in [6.45, 7) is 1.31. The first kappa shape index (κ1) is 17.5. The Hall–Kier alpha value is -0.810. The summed E-state index contributed by atoms with van der Waals surface area (Å²) in [7, 11) is 3.62. The lowest BCUT2D eigenvalue weighted by atomic mass is 10.2. The lowest BCUT2D eigenvalue weighted by molar-refractivity contribution is -0.131. The van der Waals surface area contributed by atoms with Crippen molar-refractivity contribution in [1.82, 2.24) is 9.80 Å². The number of carbonyl (C=O) groups is 1. The van der Waals surface area contributed by atoms with Gasteiger partial charge in [0.05, 0.1) is 22.7 Å². The molecule has 0 heterocycles. The van der Waals surface area contributed by atoms with Crippen molar-refractivity contribution in [3.63, 3.8) is 0 Å². The molecule has 1 aliphatic carbocycles. The maximum absolute atomic E-state index is 12.2. The monoisotopic (exact) mass is 344 g/mol. The summed E-state index contributed by atoms with van der Waals surface area (Å²) in [6, 6.07) is 5.36. The molecule has 0 saturated heterocycles. The van der Waals surface area contributed by atoms with Crippen molar-refractivity contribution in [3.05, 3.63) is 33.8 Å². The number of benzene rings is 1. The smallest absolute Gasteiger partial charge is 0.236 e. The van der Waals surface area contributed by atoms with E-state index in [-0.39, 0.29) is 12.0 Å². The van der Waals surface area contributed by atoms with Crippen LogP contribution in [0.4, 0.5) is 0 Å². The Labute approximate surface area is 141 Å². The molecule has 1 aromatic carbocycles. The van der Waals surface area contributed by atoms with Crippen molar-refractivity contribution < 1.29 is 9.90 Å². The van der Waals surface area contributed by atoms with E-state index in [0.29, 0.717) is 35.6 Å².